The minimum Gasteiger partial charge on any atom is -0.435 e. The number of nitriles is 1. The van der Waals surface area contributed by atoms with Crippen LogP contribution in [0.1, 0.15) is 102 Å². The van der Waals surface area contributed by atoms with Crippen molar-refractivity contribution in [1.29, 1.82) is 5.26 Å². The largest absolute Gasteiger partial charge is 0.435 e. The first-order valence-corrected chi connectivity index (χ1v) is 23.8. The molecule has 0 bridgehead atoms. The molecular formula is C49H73N4O12P. The summed E-state index contributed by atoms with van der Waals surface area (Å²) in [4.78, 5) is 54.9. The van der Waals surface area contributed by atoms with Crippen LogP contribution in [0.5, 0.6) is 5.75 Å². The average Bonchev–Trinajstić information content (AvgIpc) is 3.29. The van der Waals surface area contributed by atoms with E-state index in [-0.39, 0.29) is 146 Å². The van der Waals surface area contributed by atoms with Gasteiger partial charge >= 0.3 is 8.53 Å². The van der Waals surface area contributed by atoms with Crippen LogP contribution in [0.2, 0.25) is 0 Å². The van der Waals surface area contributed by atoms with E-state index in [0.29, 0.717) is 64.0 Å². The first kappa shape index (κ1) is 59.6. The Hall–Kier alpha value is -4.42. The highest BCUT2D eigenvalue weighted by Gasteiger charge is 2.36. The Morgan fingerprint density at radius 3 is 1.65 bits per heavy atom. The molecule has 2 amide bonds. The van der Waals surface area contributed by atoms with Gasteiger partial charge in [-0.1, -0.05) is 29.9 Å². The van der Waals surface area contributed by atoms with Crippen LogP contribution in [-0.2, 0) is 47.3 Å². The summed E-state index contributed by atoms with van der Waals surface area (Å²) < 4.78 is 47.1. The van der Waals surface area contributed by atoms with Crippen molar-refractivity contribution in [1.82, 2.24) is 15.3 Å². The normalized spacial score (nSPS) is 11.7. The average molecular weight is 941 g/mol. The van der Waals surface area contributed by atoms with Gasteiger partial charge < -0.3 is 48.1 Å². The van der Waals surface area contributed by atoms with Gasteiger partial charge in [0.05, 0.1) is 77.5 Å². The second-order valence-electron chi connectivity index (χ2n) is 15.7. The maximum Gasteiger partial charge on any atom is 0.321 e. The fraction of sp³-hybridized carbons (Fsp3) is 0.653. The topological polar surface area (TPSA) is 193 Å². The third kappa shape index (κ3) is 28.6. The minimum absolute atomic E-state index is 0.0157. The lowest BCUT2D eigenvalue weighted by Crippen LogP contribution is -2.34. The van der Waals surface area contributed by atoms with Crippen molar-refractivity contribution in [2.75, 3.05) is 99.0 Å². The number of carbonyl (C=O) groups is 4. The smallest absolute Gasteiger partial charge is 0.321 e. The number of hydrogen-bond donors (Lipinski definition) is 2. The van der Waals surface area contributed by atoms with Crippen molar-refractivity contribution in [2.24, 2.45) is 5.41 Å². The second-order valence-corrected chi connectivity index (χ2v) is 17.1. The molecule has 1 unspecified atom stereocenters. The Labute approximate surface area is 395 Å². The summed E-state index contributed by atoms with van der Waals surface area (Å²) >= 11 is 0. The molecule has 0 saturated carbocycles. The SMILES string of the molecule is C#CCOCCOCCCC(=O)CCC(CCC(=O)NCCOCCOCC#C)(CCC(=O)NCCOCCOCC#C)CC(=O)c1ccccc1OP(OCCC#N)N(C(C)C)C(C)C. The highest BCUT2D eigenvalue weighted by molar-refractivity contribution is 7.45. The van der Waals surface area contributed by atoms with Gasteiger partial charge in [-0.05, 0) is 70.9 Å². The van der Waals surface area contributed by atoms with Gasteiger partial charge in [0.2, 0.25) is 11.8 Å². The summed E-state index contributed by atoms with van der Waals surface area (Å²) in [5.41, 5.74) is -0.675. The number of ether oxygens (including phenoxy) is 6. The third-order valence-corrected chi connectivity index (χ3v) is 11.9. The maximum absolute atomic E-state index is 14.7. The summed E-state index contributed by atoms with van der Waals surface area (Å²) in [7, 11) is -1.75. The van der Waals surface area contributed by atoms with Gasteiger partial charge in [0.25, 0.3) is 0 Å². The van der Waals surface area contributed by atoms with Crippen LogP contribution >= 0.6 is 8.53 Å². The van der Waals surface area contributed by atoms with Crippen LogP contribution in [0.4, 0.5) is 0 Å². The van der Waals surface area contributed by atoms with Gasteiger partial charge in [-0.15, -0.1) is 19.3 Å². The number of terminal acetylenes is 3. The van der Waals surface area contributed by atoms with Crippen molar-refractivity contribution >= 4 is 31.9 Å². The van der Waals surface area contributed by atoms with Crippen molar-refractivity contribution in [3.05, 3.63) is 29.8 Å². The number of hydrogen-bond acceptors (Lipinski definition) is 14. The van der Waals surface area contributed by atoms with E-state index in [2.05, 4.69) is 39.1 Å². The molecule has 0 aliphatic carbocycles. The van der Waals surface area contributed by atoms with Crippen LogP contribution in [0.3, 0.4) is 0 Å². The molecule has 0 fully saturated rings. The van der Waals surface area contributed by atoms with Crippen LogP contribution in [-0.4, -0.2) is 139 Å². The molecule has 16 nitrogen and oxygen atoms in total. The molecule has 0 spiro atoms. The molecule has 1 aromatic rings. The van der Waals surface area contributed by atoms with Crippen molar-refractivity contribution in [3.8, 4) is 48.9 Å². The predicted octanol–water partition coefficient (Wildman–Crippen LogP) is 5.82. The number of benzene rings is 1. The molecule has 0 saturated heterocycles. The van der Waals surface area contributed by atoms with E-state index < -0.39 is 13.9 Å². The lowest BCUT2D eigenvalue weighted by molar-refractivity contribution is -0.122. The molecule has 2 N–H and O–H groups in total. The lowest BCUT2D eigenvalue weighted by atomic mass is 9.70. The monoisotopic (exact) mass is 940 g/mol. The zero-order chi connectivity index (χ0) is 48.7. The van der Waals surface area contributed by atoms with E-state index in [0.717, 1.165) is 0 Å². The Balaban J connectivity index is 3.43. The van der Waals surface area contributed by atoms with E-state index in [1.165, 1.54) is 0 Å². The molecule has 66 heavy (non-hydrogen) atoms. The number of para-hydroxylation sites is 1. The number of carbonyl (C=O) groups excluding carboxylic acids is 4. The maximum atomic E-state index is 14.7. The Morgan fingerprint density at radius 1 is 0.667 bits per heavy atom. The molecule has 0 aliphatic heterocycles. The quantitative estimate of drug-likeness (QED) is 0.0345. The summed E-state index contributed by atoms with van der Waals surface area (Å²) in [6.07, 6.45) is 17.2. The van der Waals surface area contributed by atoms with Crippen molar-refractivity contribution < 1.29 is 56.6 Å². The summed E-state index contributed by atoms with van der Waals surface area (Å²) in [6, 6.07) is 9.02. The van der Waals surface area contributed by atoms with Gasteiger partial charge in [-0.25, -0.2) is 4.67 Å². The van der Waals surface area contributed by atoms with E-state index in [9.17, 15) is 24.4 Å². The van der Waals surface area contributed by atoms with Gasteiger partial charge in [0, 0.05) is 63.9 Å². The van der Waals surface area contributed by atoms with Crippen LogP contribution in [0.15, 0.2) is 24.3 Å². The van der Waals surface area contributed by atoms with E-state index in [1.54, 1.807) is 24.3 Å². The molecule has 366 valence electrons. The van der Waals surface area contributed by atoms with Crippen LogP contribution in [0, 0.1) is 53.8 Å². The van der Waals surface area contributed by atoms with Crippen molar-refractivity contribution in [2.45, 2.75) is 104 Å². The zero-order valence-corrected chi connectivity index (χ0v) is 40.5. The molecule has 0 heterocycles. The Morgan fingerprint density at radius 2 is 1.15 bits per heavy atom. The molecule has 1 rings (SSSR count). The predicted molar refractivity (Wildman–Crippen MR) is 253 cm³/mol. The number of ketones is 2. The number of nitrogens with one attached hydrogen (secondary N) is 2. The molecular weight excluding hydrogens is 868 g/mol. The molecule has 1 aromatic carbocycles. The Bertz CT molecular complexity index is 1580. The molecule has 1 atom stereocenters. The van der Waals surface area contributed by atoms with E-state index in [4.69, 9.17) is 56.7 Å². The highest BCUT2D eigenvalue weighted by Crippen LogP contribution is 2.48. The third-order valence-electron chi connectivity index (χ3n) is 9.81. The van der Waals surface area contributed by atoms with E-state index >= 15 is 0 Å². The fourth-order valence-electron chi connectivity index (χ4n) is 6.63. The van der Waals surface area contributed by atoms with Gasteiger partial charge in [-0.3, -0.25) is 19.2 Å². The van der Waals surface area contributed by atoms with Gasteiger partial charge in [0.15, 0.2) is 5.78 Å². The van der Waals surface area contributed by atoms with Crippen LogP contribution in [0.25, 0.3) is 0 Å². The molecule has 0 aliphatic rings. The standard InChI is InChI=1S/C49H73N4O12P/c1-8-27-58-34-37-61-30-13-15-43(54)18-21-49(22-19-47(56)51-25-32-62-38-35-59-28-9-2,23-20-48(57)52-26-33-63-39-36-60-29-10-3)40-45(55)44-16-11-12-17-46(44)65-66(64-31-14-24-50)53(41(4)5)42(6)7/h1-3,11-12,16-17,41-42H,13-15,18-23,25-40H2,4-7H3,(H,51,56)(H,52,57). The summed E-state index contributed by atoms with van der Waals surface area (Å²) in [5, 5.41) is 15.0. The second kappa shape index (κ2) is 38.7. The van der Waals surface area contributed by atoms with Crippen LogP contribution < -0.4 is 15.2 Å². The van der Waals surface area contributed by atoms with E-state index in [1.807, 2.05) is 27.7 Å². The summed E-state index contributed by atoms with van der Waals surface area (Å²) in [5.74, 6) is 6.61. The number of amides is 2. The Kier molecular flexibility index (Phi) is 34.9. The number of rotatable bonds is 42. The van der Waals surface area contributed by atoms with Gasteiger partial charge in [0.1, 0.15) is 31.4 Å². The van der Waals surface area contributed by atoms with Crippen molar-refractivity contribution in [3.63, 3.8) is 0 Å². The number of nitrogens with zero attached hydrogens (tertiary/aromatic N) is 2. The zero-order valence-electron chi connectivity index (χ0n) is 39.6. The lowest BCUT2D eigenvalue weighted by Gasteiger charge is -2.36. The fourth-order valence-corrected chi connectivity index (χ4v) is 8.24. The minimum atomic E-state index is -1.75. The molecule has 17 heteroatoms. The molecule has 0 aromatic heterocycles. The van der Waals surface area contributed by atoms with Gasteiger partial charge in [-0.2, -0.15) is 5.26 Å². The highest BCUT2D eigenvalue weighted by atomic mass is 31.2. The number of Topliss-reactive ketones (excluding diaryl/α,β-unsaturated/α-hetero) is 2. The first-order chi connectivity index (χ1) is 31.9. The summed E-state index contributed by atoms with van der Waals surface area (Å²) in [6.45, 7) is 12.1. The molecule has 0 radical (unpaired) electrons. The first-order valence-electron chi connectivity index (χ1n) is 22.6.